The standard InChI is InChI=1S/C12H23N3O3S/c1-14-6-5-11(9-14)13-12(16)10-3-7-15(8-4-10)19(2,17)18/h10-11H,3-9H2,1-2H3,(H,13,16). The van der Waals surface area contributed by atoms with Gasteiger partial charge in [0.1, 0.15) is 0 Å². The molecule has 0 aromatic rings. The summed E-state index contributed by atoms with van der Waals surface area (Å²) in [5.41, 5.74) is 0. The number of carbonyl (C=O) groups is 1. The highest BCUT2D eigenvalue weighted by Gasteiger charge is 2.30. The van der Waals surface area contributed by atoms with Crippen molar-refractivity contribution in [2.75, 3.05) is 39.5 Å². The maximum atomic E-state index is 12.1. The van der Waals surface area contributed by atoms with Crippen LogP contribution in [0.5, 0.6) is 0 Å². The molecule has 0 saturated carbocycles. The minimum absolute atomic E-state index is 0.0380. The fraction of sp³-hybridized carbons (Fsp3) is 0.917. The fourth-order valence-corrected chi connectivity index (χ4v) is 3.70. The molecular formula is C12H23N3O3S. The van der Waals surface area contributed by atoms with E-state index < -0.39 is 10.0 Å². The number of nitrogens with one attached hydrogen (secondary N) is 1. The molecule has 0 spiro atoms. The Labute approximate surface area is 115 Å². The highest BCUT2D eigenvalue weighted by Crippen LogP contribution is 2.20. The largest absolute Gasteiger partial charge is 0.352 e. The molecule has 2 aliphatic rings. The van der Waals surface area contributed by atoms with Crippen LogP contribution in [0.4, 0.5) is 0 Å². The van der Waals surface area contributed by atoms with Crippen LogP contribution in [-0.2, 0) is 14.8 Å². The highest BCUT2D eigenvalue weighted by atomic mass is 32.2. The van der Waals surface area contributed by atoms with Crippen molar-refractivity contribution < 1.29 is 13.2 Å². The number of piperidine rings is 1. The number of hydrogen-bond acceptors (Lipinski definition) is 4. The summed E-state index contributed by atoms with van der Waals surface area (Å²) in [6.07, 6.45) is 3.48. The first kappa shape index (κ1) is 14.7. The second-order valence-corrected chi connectivity index (χ2v) is 7.68. The van der Waals surface area contributed by atoms with Gasteiger partial charge in [-0.05, 0) is 32.9 Å². The lowest BCUT2D eigenvalue weighted by atomic mass is 9.97. The Kier molecular flexibility index (Phi) is 4.47. The molecule has 2 rings (SSSR count). The average Bonchev–Trinajstić information content (AvgIpc) is 2.74. The van der Waals surface area contributed by atoms with Crippen LogP contribution in [0.2, 0.25) is 0 Å². The lowest BCUT2D eigenvalue weighted by molar-refractivity contribution is -0.126. The van der Waals surface area contributed by atoms with Crippen LogP contribution >= 0.6 is 0 Å². The molecule has 1 N–H and O–H groups in total. The van der Waals surface area contributed by atoms with Gasteiger partial charge in [0.05, 0.1) is 6.26 Å². The molecule has 19 heavy (non-hydrogen) atoms. The summed E-state index contributed by atoms with van der Waals surface area (Å²) >= 11 is 0. The number of hydrogen-bond donors (Lipinski definition) is 1. The Balaban J connectivity index is 1.79. The minimum Gasteiger partial charge on any atom is -0.352 e. The van der Waals surface area contributed by atoms with E-state index in [-0.39, 0.29) is 17.9 Å². The fourth-order valence-electron chi connectivity index (χ4n) is 2.82. The number of likely N-dealkylation sites (tertiary alicyclic amines) is 1. The number of carbonyl (C=O) groups excluding carboxylic acids is 1. The van der Waals surface area contributed by atoms with E-state index >= 15 is 0 Å². The van der Waals surface area contributed by atoms with Crippen molar-refractivity contribution in [3.63, 3.8) is 0 Å². The van der Waals surface area contributed by atoms with E-state index in [2.05, 4.69) is 17.3 Å². The molecule has 0 radical (unpaired) electrons. The van der Waals surface area contributed by atoms with Crippen LogP contribution in [0.3, 0.4) is 0 Å². The second-order valence-electron chi connectivity index (χ2n) is 5.69. The number of nitrogens with zero attached hydrogens (tertiary/aromatic N) is 2. The Hall–Kier alpha value is -0.660. The van der Waals surface area contributed by atoms with Gasteiger partial charge < -0.3 is 10.2 Å². The molecular weight excluding hydrogens is 266 g/mol. The molecule has 1 amide bonds. The Morgan fingerprint density at radius 2 is 1.79 bits per heavy atom. The van der Waals surface area contributed by atoms with Gasteiger partial charge in [-0.1, -0.05) is 0 Å². The van der Waals surface area contributed by atoms with Crippen molar-refractivity contribution in [1.82, 2.24) is 14.5 Å². The number of likely N-dealkylation sites (N-methyl/N-ethyl adjacent to an activating group) is 1. The SMILES string of the molecule is CN1CCC(NC(=O)C2CCN(S(C)(=O)=O)CC2)C1. The summed E-state index contributed by atoms with van der Waals surface area (Å²) in [6.45, 7) is 2.86. The van der Waals surface area contributed by atoms with Gasteiger partial charge in [-0.3, -0.25) is 4.79 Å². The summed E-state index contributed by atoms with van der Waals surface area (Å²) in [5, 5.41) is 3.08. The smallest absolute Gasteiger partial charge is 0.223 e. The summed E-state index contributed by atoms with van der Waals surface area (Å²) in [4.78, 5) is 14.3. The van der Waals surface area contributed by atoms with Crippen LogP contribution in [-0.4, -0.2) is 69.1 Å². The van der Waals surface area contributed by atoms with Gasteiger partial charge in [-0.15, -0.1) is 0 Å². The topological polar surface area (TPSA) is 69.7 Å². The zero-order valence-corrected chi connectivity index (χ0v) is 12.4. The van der Waals surface area contributed by atoms with Crippen molar-refractivity contribution in [3.05, 3.63) is 0 Å². The predicted octanol–water partition coefficient (Wildman–Crippen LogP) is -0.522. The van der Waals surface area contributed by atoms with Crippen LogP contribution in [0, 0.1) is 5.92 Å². The maximum absolute atomic E-state index is 12.1. The second kappa shape index (κ2) is 5.76. The highest BCUT2D eigenvalue weighted by molar-refractivity contribution is 7.88. The molecule has 2 heterocycles. The minimum atomic E-state index is -3.11. The Morgan fingerprint density at radius 1 is 1.16 bits per heavy atom. The zero-order valence-electron chi connectivity index (χ0n) is 11.6. The first-order chi connectivity index (χ1) is 8.86. The number of rotatable bonds is 3. The zero-order chi connectivity index (χ0) is 14.0. The lowest BCUT2D eigenvalue weighted by Crippen LogP contribution is -2.45. The van der Waals surface area contributed by atoms with E-state index in [1.807, 2.05) is 0 Å². The number of sulfonamides is 1. The Bertz CT molecular complexity index is 430. The predicted molar refractivity (Wildman–Crippen MR) is 73.2 cm³/mol. The molecule has 110 valence electrons. The normalized spacial score (nSPS) is 27.6. The first-order valence-corrected chi connectivity index (χ1v) is 8.65. The van der Waals surface area contributed by atoms with Crippen molar-refractivity contribution in [3.8, 4) is 0 Å². The van der Waals surface area contributed by atoms with Gasteiger partial charge in [0.2, 0.25) is 15.9 Å². The van der Waals surface area contributed by atoms with E-state index in [1.165, 1.54) is 10.6 Å². The monoisotopic (exact) mass is 289 g/mol. The summed E-state index contributed by atoms with van der Waals surface area (Å²) in [6, 6.07) is 0.255. The van der Waals surface area contributed by atoms with E-state index in [4.69, 9.17) is 0 Å². The molecule has 1 atom stereocenters. The van der Waals surface area contributed by atoms with Crippen LogP contribution < -0.4 is 5.32 Å². The third kappa shape index (κ3) is 3.90. The van der Waals surface area contributed by atoms with Crippen LogP contribution in [0.25, 0.3) is 0 Å². The van der Waals surface area contributed by atoms with Gasteiger partial charge >= 0.3 is 0 Å². The molecule has 6 nitrogen and oxygen atoms in total. The van der Waals surface area contributed by atoms with Gasteiger partial charge in [0.15, 0.2) is 0 Å². The van der Waals surface area contributed by atoms with Gasteiger partial charge in [-0.25, -0.2) is 12.7 Å². The van der Waals surface area contributed by atoms with E-state index in [9.17, 15) is 13.2 Å². The molecule has 0 bridgehead atoms. The molecule has 2 saturated heterocycles. The average molecular weight is 289 g/mol. The van der Waals surface area contributed by atoms with E-state index in [0.29, 0.717) is 25.9 Å². The molecule has 1 unspecified atom stereocenters. The maximum Gasteiger partial charge on any atom is 0.223 e. The molecule has 2 fully saturated rings. The van der Waals surface area contributed by atoms with Crippen LogP contribution in [0.15, 0.2) is 0 Å². The number of amides is 1. The van der Waals surface area contributed by atoms with Crippen molar-refractivity contribution >= 4 is 15.9 Å². The third-order valence-corrected chi connectivity index (χ3v) is 5.33. The lowest BCUT2D eigenvalue weighted by Gasteiger charge is -2.30. The quantitative estimate of drug-likeness (QED) is 0.759. The Morgan fingerprint density at radius 3 is 2.26 bits per heavy atom. The molecule has 0 aromatic heterocycles. The molecule has 0 aliphatic carbocycles. The van der Waals surface area contributed by atoms with Crippen LogP contribution in [0.1, 0.15) is 19.3 Å². The van der Waals surface area contributed by atoms with E-state index in [1.54, 1.807) is 0 Å². The molecule has 0 aromatic carbocycles. The van der Waals surface area contributed by atoms with Gasteiger partial charge in [0.25, 0.3) is 0 Å². The first-order valence-electron chi connectivity index (χ1n) is 6.80. The summed E-state index contributed by atoms with van der Waals surface area (Å²) in [5.74, 6) is 0.0531. The van der Waals surface area contributed by atoms with Gasteiger partial charge in [-0.2, -0.15) is 0 Å². The summed E-state index contributed by atoms with van der Waals surface area (Å²) in [7, 11) is -1.06. The molecule has 7 heteroatoms. The third-order valence-electron chi connectivity index (χ3n) is 4.03. The summed E-state index contributed by atoms with van der Waals surface area (Å²) < 4.78 is 24.3. The van der Waals surface area contributed by atoms with Crippen molar-refractivity contribution in [2.24, 2.45) is 5.92 Å². The van der Waals surface area contributed by atoms with E-state index in [0.717, 1.165) is 19.5 Å². The van der Waals surface area contributed by atoms with Crippen molar-refractivity contribution in [2.45, 2.75) is 25.3 Å². The molecule has 2 aliphatic heterocycles. The van der Waals surface area contributed by atoms with Crippen molar-refractivity contribution in [1.29, 1.82) is 0 Å². The van der Waals surface area contributed by atoms with Gasteiger partial charge in [0, 0.05) is 31.6 Å².